The first-order valence-corrected chi connectivity index (χ1v) is 6.24. The summed E-state index contributed by atoms with van der Waals surface area (Å²) in [5, 5.41) is 0. The van der Waals surface area contributed by atoms with Gasteiger partial charge < -0.3 is 9.47 Å². The van der Waals surface area contributed by atoms with E-state index in [0.29, 0.717) is 6.61 Å². The van der Waals surface area contributed by atoms with Crippen LogP contribution in [0.2, 0.25) is 0 Å². The summed E-state index contributed by atoms with van der Waals surface area (Å²) in [6.45, 7) is 2.67. The van der Waals surface area contributed by atoms with Gasteiger partial charge in [-0.25, -0.2) is 0 Å². The Morgan fingerprint density at radius 2 is 1.67 bits per heavy atom. The maximum atomic E-state index is 6.00. The molecule has 92 valence electrons. The molecule has 0 amide bonds. The zero-order chi connectivity index (χ0) is 12.4. The first kappa shape index (κ1) is 11.5. The minimum atomic E-state index is -0.284. The second-order valence-corrected chi connectivity index (χ2v) is 4.53. The van der Waals surface area contributed by atoms with Gasteiger partial charge in [0.2, 0.25) is 0 Å². The van der Waals surface area contributed by atoms with Crippen molar-refractivity contribution in [1.82, 2.24) is 0 Å². The van der Waals surface area contributed by atoms with Gasteiger partial charge in [0.25, 0.3) is 0 Å². The summed E-state index contributed by atoms with van der Waals surface area (Å²) < 4.78 is 11.9. The molecule has 2 atom stereocenters. The molecule has 2 aromatic carbocycles. The van der Waals surface area contributed by atoms with Gasteiger partial charge in [-0.05, 0) is 18.1 Å². The van der Waals surface area contributed by atoms with Crippen molar-refractivity contribution in [2.45, 2.75) is 25.9 Å². The van der Waals surface area contributed by atoms with Crippen LogP contribution in [-0.4, -0.2) is 0 Å². The van der Waals surface area contributed by atoms with Gasteiger partial charge in [0.1, 0.15) is 0 Å². The van der Waals surface area contributed by atoms with E-state index < -0.39 is 0 Å². The molecule has 1 aliphatic heterocycles. The van der Waals surface area contributed by atoms with Gasteiger partial charge in [-0.3, -0.25) is 0 Å². The van der Waals surface area contributed by atoms with Crippen LogP contribution in [0, 0.1) is 0 Å². The second-order valence-electron chi connectivity index (χ2n) is 4.53. The topological polar surface area (TPSA) is 18.5 Å². The summed E-state index contributed by atoms with van der Waals surface area (Å²) >= 11 is 0. The van der Waals surface area contributed by atoms with Gasteiger partial charge in [-0.15, -0.1) is 0 Å². The highest BCUT2D eigenvalue weighted by atomic mass is 16.7. The molecule has 0 spiro atoms. The van der Waals surface area contributed by atoms with Crippen molar-refractivity contribution in [3.05, 3.63) is 71.3 Å². The summed E-state index contributed by atoms with van der Waals surface area (Å²) in [7, 11) is 0. The van der Waals surface area contributed by atoms with E-state index in [-0.39, 0.29) is 12.4 Å². The molecule has 2 nitrogen and oxygen atoms in total. The number of hydrogen-bond acceptors (Lipinski definition) is 2. The van der Waals surface area contributed by atoms with Crippen LogP contribution >= 0.6 is 0 Å². The molecule has 0 N–H and O–H groups in total. The highest BCUT2D eigenvalue weighted by molar-refractivity contribution is 5.29. The van der Waals surface area contributed by atoms with Gasteiger partial charge in [0, 0.05) is 5.56 Å². The number of hydrogen-bond donors (Lipinski definition) is 0. The van der Waals surface area contributed by atoms with Crippen molar-refractivity contribution < 1.29 is 9.47 Å². The summed E-state index contributed by atoms with van der Waals surface area (Å²) in [5.41, 5.74) is 3.50. The van der Waals surface area contributed by atoms with E-state index in [1.165, 1.54) is 11.1 Å². The van der Waals surface area contributed by atoms with Crippen molar-refractivity contribution in [1.29, 1.82) is 0 Å². The van der Waals surface area contributed by atoms with Crippen molar-refractivity contribution in [2.24, 2.45) is 0 Å². The summed E-state index contributed by atoms with van der Waals surface area (Å²) in [6.07, 6.45) is -0.234. The average Bonchev–Trinajstić information content (AvgIpc) is 2.60. The van der Waals surface area contributed by atoms with Gasteiger partial charge in [-0.1, -0.05) is 54.6 Å². The fourth-order valence-corrected chi connectivity index (χ4v) is 2.31. The summed E-state index contributed by atoms with van der Waals surface area (Å²) in [4.78, 5) is 0. The Bertz CT molecular complexity index is 522. The second kappa shape index (κ2) is 4.92. The molecule has 0 fully saturated rings. The monoisotopic (exact) mass is 240 g/mol. The lowest BCUT2D eigenvalue weighted by atomic mass is 10.0. The van der Waals surface area contributed by atoms with Gasteiger partial charge in [0.15, 0.2) is 6.29 Å². The van der Waals surface area contributed by atoms with E-state index in [1.807, 2.05) is 42.5 Å². The highest BCUT2D eigenvalue weighted by Gasteiger charge is 2.23. The number of fused-ring (bicyclic) bond motifs is 1. The van der Waals surface area contributed by atoms with E-state index in [1.54, 1.807) is 0 Å². The Morgan fingerprint density at radius 3 is 2.50 bits per heavy atom. The Balaban J connectivity index is 1.89. The molecule has 0 bridgehead atoms. The molecule has 1 aliphatic rings. The minimum absolute atomic E-state index is 0.0499. The molecule has 0 saturated heterocycles. The Labute approximate surface area is 107 Å². The maximum absolute atomic E-state index is 6.00. The van der Waals surface area contributed by atoms with Crippen LogP contribution in [0.1, 0.15) is 36.0 Å². The van der Waals surface area contributed by atoms with Crippen molar-refractivity contribution in [3.8, 4) is 0 Å². The third-order valence-corrected chi connectivity index (χ3v) is 3.28. The van der Waals surface area contributed by atoms with Gasteiger partial charge in [0.05, 0.1) is 12.7 Å². The molecular formula is C16H16O2. The summed E-state index contributed by atoms with van der Waals surface area (Å²) in [5.74, 6) is 0. The lowest BCUT2D eigenvalue weighted by Gasteiger charge is -2.19. The van der Waals surface area contributed by atoms with Crippen LogP contribution in [0.25, 0.3) is 0 Å². The van der Waals surface area contributed by atoms with Crippen molar-refractivity contribution in [2.75, 3.05) is 0 Å². The molecule has 2 heteroatoms. The van der Waals surface area contributed by atoms with E-state index in [9.17, 15) is 0 Å². The predicted octanol–water partition coefficient (Wildman–Crippen LogP) is 3.99. The minimum Gasteiger partial charge on any atom is -0.344 e. The number of rotatable bonds is 1. The molecule has 1 heterocycles. The van der Waals surface area contributed by atoms with E-state index in [4.69, 9.17) is 9.47 Å². The fraction of sp³-hybridized carbons (Fsp3) is 0.250. The Morgan fingerprint density at radius 1 is 0.944 bits per heavy atom. The quantitative estimate of drug-likeness (QED) is 0.750. The molecule has 0 aliphatic carbocycles. The largest absolute Gasteiger partial charge is 0.344 e. The smallest absolute Gasteiger partial charge is 0.184 e. The van der Waals surface area contributed by atoms with Crippen LogP contribution in [0.3, 0.4) is 0 Å². The third kappa shape index (κ3) is 2.17. The fourth-order valence-electron chi connectivity index (χ4n) is 2.31. The standard InChI is InChI=1S/C16H16O2/c1-12-15-10-6-5-9-14(15)11-17-16(18-12)13-7-3-2-4-8-13/h2-10,12,16H,11H2,1H3. The maximum Gasteiger partial charge on any atom is 0.184 e. The zero-order valence-corrected chi connectivity index (χ0v) is 10.4. The van der Waals surface area contributed by atoms with Gasteiger partial charge >= 0.3 is 0 Å². The van der Waals surface area contributed by atoms with E-state index in [2.05, 4.69) is 19.1 Å². The summed E-state index contributed by atoms with van der Waals surface area (Å²) in [6, 6.07) is 18.4. The molecule has 18 heavy (non-hydrogen) atoms. The first-order valence-electron chi connectivity index (χ1n) is 6.24. The highest BCUT2D eigenvalue weighted by Crippen LogP contribution is 2.33. The van der Waals surface area contributed by atoms with Gasteiger partial charge in [-0.2, -0.15) is 0 Å². The molecular weight excluding hydrogens is 224 g/mol. The van der Waals surface area contributed by atoms with Crippen LogP contribution in [0.15, 0.2) is 54.6 Å². The molecule has 0 saturated carbocycles. The van der Waals surface area contributed by atoms with E-state index in [0.717, 1.165) is 5.56 Å². The van der Waals surface area contributed by atoms with E-state index >= 15 is 0 Å². The number of ether oxygens (including phenoxy) is 2. The Hall–Kier alpha value is -1.64. The molecule has 3 rings (SSSR count). The first-order chi connectivity index (χ1) is 8.84. The number of benzene rings is 2. The lowest BCUT2D eigenvalue weighted by molar-refractivity contribution is -0.171. The predicted molar refractivity (Wildman–Crippen MR) is 69.9 cm³/mol. The van der Waals surface area contributed by atoms with Crippen LogP contribution in [0.4, 0.5) is 0 Å². The van der Waals surface area contributed by atoms with Crippen molar-refractivity contribution in [3.63, 3.8) is 0 Å². The molecule has 2 unspecified atom stereocenters. The SMILES string of the molecule is CC1OC(c2ccccc2)OCc2ccccc21. The average molecular weight is 240 g/mol. The van der Waals surface area contributed by atoms with Crippen LogP contribution < -0.4 is 0 Å². The Kier molecular flexibility index (Phi) is 3.13. The van der Waals surface area contributed by atoms with Crippen LogP contribution in [0.5, 0.6) is 0 Å². The lowest BCUT2D eigenvalue weighted by Crippen LogP contribution is -2.07. The zero-order valence-electron chi connectivity index (χ0n) is 10.4. The third-order valence-electron chi connectivity index (χ3n) is 3.28. The normalized spacial score (nSPS) is 23.2. The van der Waals surface area contributed by atoms with Crippen molar-refractivity contribution >= 4 is 0 Å². The molecule has 0 aromatic heterocycles. The molecule has 0 radical (unpaired) electrons. The molecule has 2 aromatic rings. The van der Waals surface area contributed by atoms with Crippen LogP contribution in [-0.2, 0) is 16.1 Å².